The number of carboxylic acids is 1. The summed E-state index contributed by atoms with van der Waals surface area (Å²) in [6, 6.07) is 0. The summed E-state index contributed by atoms with van der Waals surface area (Å²) < 4.78 is 0. The summed E-state index contributed by atoms with van der Waals surface area (Å²) in [5.74, 6) is -1.15. The van der Waals surface area contributed by atoms with E-state index in [4.69, 9.17) is 10.8 Å². The van der Waals surface area contributed by atoms with Crippen molar-refractivity contribution >= 4 is 23.4 Å². The Balaban J connectivity index is 2.83. The predicted octanol–water partition coefficient (Wildman–Crippen LogP) is -0.471. The van der Waals surface area contributed by atoms with Crippen LogP contribution in [0, 0.1) is 0 Å². The Morgan fingerprint density at radius 3 is 3.08 bits per heavy atom. The number of nitrogens with two attached hydrogens (primary N) is 1. The summed E-state index contributed by atoms with van der Waals surface area (Å²) in [7, 11) is 0. The zero-order valence-electron chi connectivity index (χ0n) is 6.48. The van der Waals surface area contributed by atoms with E-state index >= 15 is 0 Å². The number of H-pyrrole nitrogens is 1. The van der Waals surface area contributed by atoms with Crippen molar-refractivity contribution in [3.8, 4) is 0 Å². The van der Waals surface area contributed by atoms with Crippen LogP contribution in [0.2, 0.25) is 0 Å². The molecular weight excluding hydrogens is 194 g/mol. The zero-order chi connectivity index (χ0) is 9.84. The van der Waals surface area contributed by atoms with Gasteiger partial charge in [0.25, 0.3) is 5.56 Å². The minimum Gasteiger partial charge on any atom is -0.481 e. The molecule has 0 unspecified atom stereocenters. The van der Waals surface area contributed by atoms with E-state index in [9.17, 15) is 9.59 Å². The molecule has 6 nitrogen and oxygen atoms in total. The molecule has 1 heterocycles. The first kappa shape index (κ1) is 9.59. The van der Waals surface area contributed by atoms with Crippen molar-refractivity contribution in [1.82, 2.24) is 9.97 Å². The minimum absolute atomic E-state index is 0.0475. The molecule has 0 amide bonds. The average Bonchev–Trinajstić information content (AvgIpc) is 2.07. The number of nitrogens with zero attached hydrogens (tertiary/aromatic N) is 1. The van der Waals surface area contributed by atoms with E-state index in [-0.39, 0.29) is 16.5 Å². The van der Waals surface area contributed by atoms with Crippen LogP contribution in [0.25, 0.3) is 0 Å². The SMILES string of the molecule is Nc1c(SCC(=O)O)nc[nH]c1=O. The molecule has 0 atom stereocenters. The van der Waals surface area contributed by atoms with Crippen LogP contribution in [0.4, 0.5) is 5.69 Å². The number of anilines is 1. The molecule has 0 aliphatic heterocycles. The number of carboxylic acid groups (broad SMARTS) is 1. The number of aliphatic carboxylic acids is 1. The molecule has 0 spiro atoms. The van der Waals surface area contributed by atoms with Gasteiger partial charge >= 0.3 is 5.97 Å². The van der Waals surface area contributed by atoms with Crippen molar-refractivity contribution in [3.63, 3.8) is 0 Å². The van der Waals surface area contributed by atoms with Crippen molar-refractivity contribution in [1.29, 1.82) is 0 Å². The molecule has 13 heavy (non-hydrogen) atoms. The van der Waals surface area contributed by atoms with Crippen LogP contribution >= 0.6 is 11.8 Å². The number of nitrogen functional groups attached to an aromatic ring is 1. The molecule has 0 aliphatic rings. The molecule has 0 saturated heterocycles. The van der Waals surface area contributed by atoms with Crippen LogP contribution in [0.1, 0.15) is 0 Å². The first-order chi connectivity index (χ1) is 6.11. The molecule has 0 aliphatic carbocycles. The van der Waals surface area contributed by atoms with Crippen molar-refractivity contribution < 1.29 is 9.90 Å². The second-order valence-corrected chi connectivity index (χ2v) is 3.10. The Labute approximate surface area is 77.2 Å². The highest BCUT2D eigenvalue weighted by Gasteiger charge is 2.06. The maximum absolute atomic E-state index is 10.9. The summed E-state index contributed by atoms with van der Waals surface area (Å²) in [6.07, 6.45) is 1.18. The molecule has 0 saturated carbocycles. The smallest absolute Gasteiger partial charge is 0.313 e. The highest BCUT2D eigenvalue weighted by atomic mass is 32.2. The maximum atomic E-state index is 10.9. The normalized spacial score (nSPS) is 9.85. The van der Waals surface area contributed by atoms with E-state index in [1.54, 1.807) is 0 Å². The highest BCUT2D eigenvalue weighted by molar-refractivity contribution is 8.00. The van der Waals surface area contributed by atoms with Crippen LogP contribution in [0.5, 0.6) is 0 Å². The lowest BCUT2D eigenvalue weighted by Gasteiger charge is -1.99. The molecule has 1 aromatic rings. The van der Waals surface area contributed by atoms with Gasteiger partial charge in [-0.15, -0.1) is 0 Å². The van der Waals surface area contributed by atoms with E-state index in [1.165, 1.54) is 6.33 Å². The Bertz CT molecular complexity index is 376. The molecule has 0 fully saturated rings. The summed E-state index contributed by atoms with van der Waals surface area (Å²) in [4.78, 5) is 27.1. The lowest BCUT2D eigenvalue weighted by molar-refractivity contribution is -0.133. The molecule has 0 radical (unpaired) electrons. The highest BCUT2D eigenvalue weighted by Crippen LogP contribution is 2.17. The Kier molecular flexibility index (Phi) is 2.91. The van der Waals surface area contributed by atoms with Gasteiger partial charge in [0, 0.05) is 0 Å². The predicted molar refractivity (Wildman–Crippen MR) is 47.6 cm³/mol. The van der Waals surface area contributed by atoms with Gasteiger partial charge in [-0.2, -0.15) is 0 Å². The molecule has 4 N–H and O–H groups in total. The van der Waals surface area contributed by atoms with Gasteiger partial charge in [0.1, 0.15) is 10.7 Å². The van der Waals surface area contributed by atoms with Gasteiger partial charge in [-0.3, -0.25) is 9.59 Å². The van der Waals surface area contributed by atoms with Gasteiger partial charge in [0.05, 0.1) is 12.1 Å². The molecule has 0 aromatic carbocycles. The topological polar surface area (TPSA) is 109 Å². The molecule has 0 bridgehead atoms. The largest absolute Gasteiger partial charge is 0.481 e. The summed E-state index contributed by atoms with van der Waals surface area (Å²) >= 11 is 0.914. The van der Waals surface area contributed by atoms with E-state index in [0.717, 1.165) is 11.8 Å². The van der Waals surface area contributed by atoms with Gasteiger partial charge in [-0.05, 0) is 0 Å². The van der Waals surface area contributed by atoms with Crippen LogP contribution < -0.4 is 11.3 Å². The summed E-state index contributed by atoms with van der Waals surface area (Å²) in [6.45, 7) is 0. The van der Waals surface area contributed by atoms with Crippen LogP contribution in [-0.4, -0.2) is 26.8 Å². The Morgan fingerprint density at radius 2 is 2.46 bits per heavy atom. The third kappa shape index (κ3) is 2.48. The number of rotatable bonds is 3. The van der Waals surface area contributed by atoms with Crippen molar-refractivity contribution in [3.05, 3.63) is 16.7 Å². The maximum Gasteiger partial charge on any atom is 0.313 e. The quantitative estimate of drug-likeness (QED) is 0.450. The minimum atomic E-state index is -0.980. The van der Waals surface area contributed by atoms with Gasteiger partial charge in [0.15, 0.2) is 0 Å². The lowest BCUT2D eigenvalue weighted by atomic mass is 10.5. The number of carbonyl (C=O) groups is 1. The second kappa shape index (κ2) is 3.94. The number of hydrogen-bond donors (Lipinski definition) is 3. The fourth-order valence-corrected chi connectivity index (χ4v) is 1.27. The standard InChI is InChI=1S/C6H7N3O3S/c7-4-5(12)8-2-9-6(4)13-1-3(10)11/h2H,1,7H2,(H,10,11)(H,8,9,12). The third-order valence-electron chi connectivity index (χ3n) is 1.18. The Morgan fingerprint density at radius 1 is 1.77 bits per heavy atom. The lowest BCUT2D eigenvalue weighted by Crippen LogP contribution is -2.13. The van der Waals surface area contributed by atoms with Gasteiger partial charge in [0.2, 0.25) is 0 Å². The number of aromatic amines is 1. The fraction of sp³-hybridized carbons (Fsp3) is 0.167. The molecule has 1 rings (SSSR count). The van der Waals surface area contributed by atoms with Crippen LogP contribution in [0.3, 0.4) is 0 Å². The van der Waals surface area contributed by atoms with E-state index in [1.807, 2.05) is 0 Å². The monoisotopic (exact) mass is 201 g/mol. The third-order valence-corrected chi connectivity index (χ3v) is 2.17. The summed E-state index contributed by atoms with van der Waals surface area (Å²) in [5.41, 5.74) is 4.85. The molecule has 70 valence electrons. The van der Waals surface area contributed by atoms with Crippen LogP contribution in [-0.2, 0) is 4.79 Å². The van der Waals surface area contributed by atoms with Gasteiger partial charge in [-0.25, -0.2) is 4.98 Å². The van der Waals surface area contributed by atoms with Crippen molar-refractivity contribution in [2.24, 2.45) is 0 Å². The number of nitrogens with one attached hydrogen (secondary N) is 1. The molecule has 1 aromatic heterocycles. The number of aromatic nitrogens is 2. The fourth-order valence-electron chi connectivity index (χ4n) is 0.639. The molecule has 7 heteroatoms. The van der Waals surface area contributed by atoms with Crippen LogP contribution in [0.15, 0.2) is 16.1 Å². The van der Waals surface area contributed by atoms with Gasteiger partial charge in [-0.1, -0.05) is 11.8 Å². The first-order valence-electron chi connectivity index (χ1n) is 3.29. The number of hydrogen-bond acceptors (Lipinski definition) is 5. The van der Waals surface area contributed by atoms with E-state index < -0.39 is 11.5 Å². The Hall–Kier alpha value is -1.50. The van der Waals surface area contributed by atoms with Crippen molar-refractivity contribution in [2.45, 2.75) is 5.03 Å². The number of thioether (sulfide) groups is 1. The first-order valence-corrected chi connectivity index (χ1v) is 4.27. The second-order valence-electron chi connectivity index (χ2n) is 2.13. The zero-order valence-corrected chi connectivity index (χ0v) is 7.30. The molecular formula is C6H7N3O3S. The average molecular weight is 201 g/mol. The summed E-state index contributed by atoms with van der Waals surface area (Å²) in [5, 5.41) is 8.60. The van der Waals surface area contributed by atoms with E-state index in [0.29, 0.717) is 0 Å². The van der Waals surface area contributed by atoms with E-state index in [2.05, 4.69) is 9.97 Å². The van der Waals surface area contributed by atoms with Gasteiger partial charge < -0.3 is 15.8 Å². The van der Waals surface area contributed by atoms with Crippen molar-refractivity contribution in [2.75, 3.05) is 11.5 Å².